The third-order valence-corrected chi connectivity index (χ3v) is 6.85. The van der Waals surface area contributed by atoms with Crippen LogP contribution in [0, 0.1) is 23.7 Å². The molecular weight excluding hydrogens is 300 g/mol. The number of hydrogen-bond acceptors (Lipinski definition) is 3. The first-order chi connectivity index (χ1) is 10.8. The summed E-state index contributed by atoms with van der Waals surface area (Å²) in [5.41, 5.74) is -2.50. The molecule has 3 N–H and O–H groups in total. The maximum atomic E-state index is 11.4. The van der Waals surface area contributed by atoms with Crippen LogP contribution in [0.2, 0.25) is 0 Å². The zero-order chi connectivity index (χ0) is 19.3. The predicted molar refractivity (Wildman–Crippen MR) is 103 cm³/mol. The fourth-order valence-electron chi connectivity index (χ4n) is 4.02. The van der Waals surface area contributed by atoms with E-state index >= 15 is 0 Å². The van der Waals surface area contributed by atoms with Crippen molar-refractivity contribution in [3.63, 3.8) is 0 Å². The van der Waals surface area contributed by atoms with Crippen molar-refractivity contribution in [3.8, 4) is 0 Å². The van der Waals surface area contributed by atoms with Gasteiger partial charge < -0.3 is 15.3 Å². The van der Waals surface area contributed by atoms with Crippen LogP contribution in [0.3, 0.4) is 0 Å². The maximum Gasteiger partial charge on any atom is 0.0698 e. The smallest absolute Gasteiger partial charge is 0.0698 e. The van der Waals surface area contributed by atoms with Gasteiger partial charge in [-0.25, -0.2) is 0 Å². The Morgan fingerprint density at radius 1 is 0.583 bits per heavy atom. The van der Waals surface area contributed by atoms with Crippen molar-refractivity contribution in [2.45, 2.75) is 111 Å². The van der Waals surface area contributed by atoms with Crippen LogP contribution in [0.15, 0.2) is 0 Å². The monoisotopic (exact) mass is 344 g/mol. The average Bonchev–Trinajstić information content (AvgIpc) is 2.52. The highest BCUT2D eigenvalue weighted by Gasteiger charge is 2.47. The van der Waals surface area contributed by atoms with Crippen LogP contribution in [-0.4, -0.2) is 32.1 Å². The molecule has 0 saturated carbocycles. The minimum Gasteiger partial charge on any atom is -0.390 e. The SMILES string of the molecule is CCC(O)(CC(CC(O)(CC)C(C)C)C(O)(CC)C(C)C)C(C)C. The van der Waals surface area contributed by atoms with E-state index in [4.69, 9.17) is 0 Å². The summed E-state index contributed by atoms with van der Waals surface area (Å²) in [7, 11) is 0. The van der Waals surface area contributed by atoms with Crippen LogP contribution >= 0.6 is 0 Å². The highest BCUT2D eigenvalue weighted by molar-refractivity contribution is 4.98. The minimum atomic E-state index is -0.879. The summed E-state index contributed by atoms with van der Waals surface area (Å²) in [5, 5.41) is 33.7. The van der Waals surface area contributed by atoms with Crippen LogP contribution < -0.4 is 0 Å². The molecule has 0 amide bonds. The molecule has 0 aromatic carbocycles. The fourth-order valence-corrected chi connectivity index (χ4v) is 4.02. The molecule has 0 aromatic heterocycles. The molecule has 0 spiro atoms. The van der Waals surface area contributed by atoms with Gasteiger partial charge in [-0.15, -0.1) is 0 Å². The molecule has 0 bridgehead atoms. The van der Waals surface area contributed by atoms with Crippen LogP contribution in [0.4, 0.5) is 0 Å². The molecule has 146 valence electrons. The first kappa shape index (κ1) is 23.9. The second-order valence-electron chi connectivity index (χ2n) is 8.83. The van der Waals surface area contributed by atoms with E-state index in [1.165, 1.54) is 0 Å². The van der Waals surface area contributed by atoms with Crippen molar-refractivity contribution in [1.29, 1.82) is 0 Å². The Balaban J connectivity index is 5.86. The molecule has 0 heterocycles. The second-order valence-corrected chi connectivity index (χ2v) is 8.83. The lowest BCUT2D eigenvalue weighted by atomic mass is 9.64. The molecule has 0 saturated heterocycles. The van der Waals surface area contributed by atoms with Crippen LogP contribution in [0.25, 0.3) is 0 Å². The Hall–Kier alpha value is -0.120. The van der Waals surface area contributed by atoms with Crippen LogP contribution in [-0.2, 0) is 0 Å². The van der Waals surface area contributed by atoms with Gasteiger partial charge in [0.05, 0.1) is 16.8 Å². The summed E-state index contributed by atoms with van der Waals surface area (Å²) in [5.74, 6) is 0.176. The molecule has 3 heteroatoms. The van der Waals surface area contributed by atoms with E-state index in [-0.39, 0.29) is 23.7 Å². The summed E-state index contributed by atoms with van der Waals surface area (Å²) in [6.45, 7) is 18.2. The highest BCUT2D eigenvalue weighted by atomic mass is 16.3. The molecular formula is C21H44O3. The summed E-state index contributed by atoms with van der Waals surface area (Å²) in [4.78, 5) is 0. The topological polar surface area (TPSA) is 60.7 Å². The van der Waals surface area contributed by atoms with E-state index < -0.39 is 16.8 Å². The number of hydrogen-bond donors (Lipinski definition) is 3. The summed E-state index contributed by atoms with van der Waals surface area (Å²) < 4.78 is 0. The molecule has 0 radical (unpaired) electrons. The first-order valence-electron chi connectivity index (χ1n) is 10.00. The van der Waals surface area contributed by atoms with Crippen molar-refractivity contribution in [2.75, 3.05) is 0 Å². The molecule has 0 rings (SSSR count). The van der Waals surface area contributed by atoms with E-state index in [1.807, 2.05) is 62.3 Å². The average molecular weight is 345 g/mol. The maximum absolute atomic E-state index is 11.4. The van der Waals surface area contributed by atoms with E-state index in [0.717, 1.165) is 0 Å². The van der Waals surface area contributed by atoms with Crippen molar-refractivity contribution < 1.29 is 15.3 Å². The molecule has 0 fully saturated rings. The van der Waals surface area contributed by atoms with Gasteiger partial charge in [-0.2, -0.15) is 0 Å². The van der Waals surface area contributed by atoms with E-state index in [0.29, 0.717) is 32.1 Å². The highest BCUT2D eigenvalue weighted by Crippen LogP contribution is 2.44. The lowest BCUT2D eigenvalue weighted by molar-refractivity contribution is -0.138. The van der Waals surface area contributed by atoms with Gasteiger partial charge in [-0.05, 0) is 55.8 Å². The van der Waals surface area contributed by atoms with E-state index in [2.05, 4.69) is 0 Å². The Morgan fingerprint density at radius 3 is 1.08 bits per heavy atom. The molecule has 3 unspecified atom stereocenters. The molecule has 0 aromatic rings. The van der Waals surface area contributed by atoms with Gasteiger partial charge in [-0.1, -0.05) is 62.3 Å². The fraction of sp³-hybridized carbons (Fsp3) is 1.00. The zero-order valence-electron chi connectivity index (χ0n) is 17.7. The van der Waals surface area contributed by atoms with Gasteiger partial charge in [-0.3, -0.25) is 0 Å². The zero-order valence-corrected chi connectivity index (χ0v) is 17.7. The molecule has 24 heavy (non-hydrogen) atoms. The van der Waals surface area contributed by atoms with Gasteiger partial charge >= 0.3 is 0 Å². The summed E-state index contributed by atoms with van der Waals surface area (Å²) in [6, 6.07) is 0. The molecule has 3 atom stereocenters. The standard InChI is InChI=1S/C21H44O3/c1-10-19(22,15(4)5)13-18(21(24,12-3)17(8)9)14-20(23,11-2)16(6)7/h15-18,22-24H,10-14H2,1-9H3. The molecule has 0 aliphatic carbocycles. The normalized spacial score (nSPS) is 21.6. The van der Waals surface area contributed by atoms with Crippen LogP contribution in [0.5, 0.6) is 0 Å². The van der Waals surface area contributed by atoms with Gasteiger partial charge in [0.1, 0.15) is 0 Å². The predicted octanol–water partition coefficient (Wildman–Crippen LogP) is 4.77. The van der Waals surface area contributed by atoms with Crippen molar-refractivity contribution in [1.82, 2.24) is 0 Å². The summed E-state index contributed by atoms with van der Waals surface area (Å²) >= 11 is 0. The van der Waals surface area contributed by atoms with Gasteiger partial charge in [0.25, 0.3) is 0 Å². The van der Waals surface area contributed by atoms with Crippen molar-refractivity contribution in [2.24, 2.45) is 23.7 Å². The van der Waals surface area contributed by atoms with Crippen LogP contribution in [0.1, 0.15) is 94.4 Å². The molecule has 3 nitrogen and oxygen atoms in total. The molecule has 0 aliphatic rings. The molecule has 0 aliphatic heterocycles. The summed E-state index contributed by atoms with van der Waals surface area (Å²) in [6.07, 6.45) is 3.00. The Morgan fingerprint density at radius 2 is 0.917 bits per heavy atom. The first-order valence-corrected chi connectivity index (χ1v) is 10.00. The van der Waals surface area contributed by atoms with Gasteiger partial charge in [0.15, 0.2) is 0 Å². The lowest BCUT2D eigenvalue weighted by Gasteiger charge is -2.47. The third-order valence-electron chi connectivity index (χ3n) is 6.85. The van der Waals surface area contributed by atoms with Crippen molar-refractivity contribution in [3.05, 3.63) is 0 Å². The largest absolute Gasteiger partial charge is 0.390 e. The number of aliphatic hydroxyl groups is 3. The van der Waals surface area contributed by atoms with E-state index in [1.54, 1.807) is 0 Å². The van der Waals surface area contributed by atoms with E-state index in [9.17, 15) is 15.3 Å². The van der Waals surface area contributed by atoms with Crippen molar-refractivity contribution >= 4 is 0 Å². The Labute approximate surface area is 150 Å². The Kier molecular flexibility index (Phi) is 8.96. The second kappa shape index (κ2) is 9.00. The lowest BCUT2D eigenvalue weighted by Crippen LogP contribution is -2.51. The Bertz CT molecular complexity index is 342. The van der Waals surface area contributed by atoms with Gasteiger partial charge in [0.2, 0.25) is 0 Å². The minimum absolute atomic E-state index is 0.0778. The number of rotatable bonds is 11. The quantitative estimate of drug-likeness (QED) is 0.506. The third kappa shape index (κ3) is 5.19. The van der Waals surface area contributed by atoms with Gasteiger partial charge in [0, 0.05) is 0 Å².